The van der Waals surface area contributed by atoms with Gasteiger partial charge in [0.2, 0.25) is 0 Å². The molecule has 6 nitrogen and oxygen atoms in total. The largest absolute Gasteiger partial charge is 0.322 e. The van der Waals surface area contributed by atoms with Crippen LogP contribution in [0.2, 0.25) is 0 Å². The Labute approximate surface area is 164 Å². The third kappa shape index (κ3) is 4.67. The van der Waals surface area contributed by atoms with Gasteiger partial charge in [-0.05, 0) is 43.3 Å². The molecule has 0 unspecified atom stereocenters. The third-order valence-electron chi connectivity index (χ3n) is 3.98. The van der Waals surface area contributed by atoms with Gasteiger partial charge >= 0.3 is 0 Å². The molecule has 2 amide bonds. The number of benzene rings is 2. The van der Waals surface area contributed by atoms with Crippen LogP contribution in [0.15, 0.2) is 60.8 Å². The van der Waals surface area contributed by atoms with E-state index in [1.807, 2.05) is 0 Å². The minimum Gasteiger partial charge on any atom is -0.322 e. The molecule has 8 heteroatoms. The Hall–Kier alpha value is -3.94. The molecule has 29 heavy (non-hydrogen) atoms. The first-order valence-electron chi connectivity index (χ1n) is 8.49. The number of para-hydroxylation sites is 1. The number of aromatic nitrogens is 1. The van der Waals surface area contributed by atoms with Crippen LogP contribution in [-0.4, -0.2) is 22.6 Å². The number of rotatable bonds is 5. The minimum absolute atomic E-state index is 0.104. The van der Waals surface area contributed by atoms with Crippen LogP contribution in [-0.2, 0) is 0 Å². The van der Waals surface area contributed by atoms with Gasteiger partial charge in [-0.15, -0.1) is 0 Å². The number of carbonyl (C=O) groups is 3. The molecule has 0 aliphatic carbocycles. The van der Waals surface area contributed by atoms with E-state index in [0.29, 0.717) is 11.3 Å². The third-order valence-corrected chi connectivity index (χ3v) is 3.98. The Morgan fingerprint density at radius 1 is 0.828 bits per heavy atom. The predicted octanol–water partition coefficient (Wildman–Crippen LogP) is 4.07. The lowest BCUT2D eigenvalue weighted by molar-refractivity contribution is 0.100. The van der Waals surface area contributed by atoms with E-state index in [0.717, 1.165) is 12.1 Å². The molecule has 0 atom stereocenters. The molecule has 146 valence electrons. The van der Waals surface area contributed by atoms with Crippen molar-refractivity contribution >= 4 is 29.0 Å². The monoisotopic (exact) mass is 395 g/mol. The fourth-order valence-corrected chi connectivity index (χ4v) is 2.51. The number of nitrogens with zero attached hydrogens (tertiary/aromatic N) is 1. The summed E-state index contributed by atoms with van der Waals surface area (Å²) in [5.74, 6) is -3.43. The second-order valence-corrected chi connectivity index (χ2v) is 6.07. The van der Waals surface area contributed by atoms with Crippen LogP contribution in [0, 0.1) is 11.6 Å². The first-order valence-corrected chi connectivity index (χ1v) is 8.49. The molecule has 0 saturated heterocycles. The maximum Gasteiger partial charge on any atom is 0.274 e. The van der Waals surface area contributed by atoms with Gasteiger partial charge in [-0.25, -0.2) is 8.78 Å². The second kappa shape index (κ2) is 8.39. The van der Waals surface area contributed by atoms with E-state index in [4.69, 9.17) is 0 Å². The summed E-state index contributed by atoms with van der Waals surface area (Å²) < 4.78 is 27.4. The van der Waals surface area contributed by atoms with Crippen LogP contribution in [0.3, 0.4) is 0 Å². The molecule has 3 aromatic rings. The first-order chi connectivity index (χ1) is 13.8. The van der Waals surface area contributed by atoms with Gasteiger partial charge in [-0.1, -0.05) is 18.2 Å². The Morgan fingerprint density at radius 2 is 1.52 bits per heavy atom. The molecule has 2 aromatic carbocycles. The predicted molar refractivity (Wildman–Crippen MR) is 103 cm³/mol. The summed E-state index contributed by atoms with van der Waals surface area (Å²) in [6, 6.07) is 12.1. The van der Waals surface area contributed by atoms with E-state index < -0.39 is 29.1 Å². The number of nitrogens with one attached hydrogen (secondary N) is 2. The molecule has 0 saturated carbocycles. The highest BCUT2D eigenvalue weighted by molar-refractivity contribution is 6.08. The Balaban J connectivity index is 1.78. The average molecular weight is 395 g/mol. The van der Waals surface area contributed by atoms with Gasteiger partial charge in [0.15, 0.2) is 5.78 Å². The fraction of sp³-hybridized carbons (Fsp3) is 0.0476. The zero-order chi connectivity index (χ0) is 21.0. The number of carbonyl (C=O) groups excluding carboxylic acids is 3. The smallest absolute Gasteiger partial charge is 0.274 e. The van der Waals surface area contributed by atoms with E-state index in [2.05, 4.69) is 15.6 Å². The highest BCUT2D eigenvalue weighted by atomic mass is 19.1. The standard InChI is InChI=1S/C21H15F2N3O3/c1-12(27)13-4-2-5-15(10-13)25-20(28)14-8-9-24-18(11-14)21(29)26-19-16(22)6-3-7-17(19)23/h2-11H,1H3,(H,25,28)(H,26,29). The molecule has 1 aromatic heterocycles. The van der Waals surface area contributed by atoms with Gasteiger partial charge in [0.05, 0.1) is 0 Å². The normalized spacial score (nSPS) is 10.3. The molecule has 0 aliphatic heterocycles. The fourth-order valence-electron chi connectivity index (χ4n) is 2.51. The highest BCUT2D eigenvalue weighted by Crippen LogP contribution is 2.19. The van der Waals surface area contributed by atoms with Crippen molar-refractivity contribution in [2.75, 3.05) is 10.6 Å². The zero-order valence-corrected chi connectivity index (χ0v) is 15.2. The van der Waals surface area contributed by atoms with Crippen LogP contribution in [0.4, 0.5) is 20.2 Å². The van der Waals surface area contributed by atoms with Crippen molar-refractivity contribution in [3.63, 3.8) is 0 Å². The summed E-state index contributed by atoms with van der Waals surface area (Å²) >= 11 is 0. The minimum atomic E-state index is -0.933. The number of anilines is 2. The first kappa shape index (κ1) is 19.8. The van der Waals surface area contributed by atoms with Gasteiger partial charge in [0, 0.05) is 23.0 Å². The lowest BCUT2D eigenvalue weighted by Gasteiger charge is -2.09. The van der Waals surface area contributed by atoms with Crippen molar-refractivity contribution in [2.45, 2.75) is 6.92 Å². The van der Waals surface area contributed by atoms with Gasteiger partial charge in [-0.3, -0.25) is 19.4 Å². The van der Waals surface area contributed by atoms with E-state index in [9.17, 15) is 23.2 Å². The van der Waals surface area contributed by atoms with Crippen molar-refractivity contribution in [1.82, 2.24) is 4.98 Å². The molecule has 2 N–H and O–H groups in total. The molecule has 0 fully saturated rings. The summed E-state index contributed by atoms with van der Waals surface area (Å²) in [5, 5.41) is 4.73. The second-order valence-electron chi connectivity index (χ2n) is 6.07. The number of pyridine rings is 1. The van der Waals surface area contributed by atoms with Gasteiger partial charge in [-0.2, -0.15) is 0 Å². The number of halogens is 2. The van der Waals surface area contributed by atoms with Crippen LogP contribution >= 0.6 is 0 Å². The van der Waals surface area contributed by atoms with E-state index in [1.54, 1.807) is 18.2 Å². The van der Waals surface area contributed by atoms with E-state index in [-0.39, 0.29) is 17.0 Å². The van der Waals surface area contributed by atoms with E-state index in [1.165, 1.54) is 37.4 Å². The summed E-state index contributed by atoms with van der Waals surface area (Å²) in [4.78, 5) is 40.0. The number of hydrogen-bond acceptors (Lipinski definition) is 4. The Kier molecular flexibility index (Phi) is 5.73. The van der Waals surface area contributed by atoms with Crippen molar-refractivity contribution < 1.29 is 23.2 Å². The molecule has 3 rings (SSSR count). The van der Waals surface area contributed by atoms with Gasteiger partial charge < -0.3 is 10.6 Å². The molecular formula is C21H15F2N3O3. The van der Waals surface area contributed by atoms with E-state index >= 15 is 0 Å². The SMILES string of the molecule is CC(=O)c1cccc(NC(=O)c2ccnc(C(=O)Nc3c(F)cccc3F)c2)c1. The number of amides is 2. The molecule has 0 spiro atoms. The van der Waals surface area contributed by atoms with Crippen LogP contribution in [0.25, 0.3) is 0 Å². The number of Topliss-reactive ketones (excluding diaryl/α,β-unsaturated/α-hetero) is 1. The summed E-state index contributed by atoms with van der Waals surface area (Å²) in [6.45, 7) is 1.41. The number of ketones is 1. The Morgan fingerprint density at radius 3 is 2.21 bits per heavy atom. The molecule has 0 bridgehead atoms. The van der Waals surface area contributed by atoms with Crippen molar-refractivity contribution in [2.24, 2.45) is 0 Å². The van der Waals surface area contributed by atoms with Crippen molar-refractivity contribution in [1.29, 1.82) is 0 Å². The lowest BCUT2D eigenvalue weighted by Crippen LogP contribution is -2.18. The maximum absolute atomic E-state index is 13.7. The summed E-state index contributed by atoms with van der Waals surface area (Å²) in [6.07, 6.45) is 1.23. The van der Waals surface area contributed by atoms with Crippen LogP contribution in [0.1, 0.15) is 38.1 Å². The average Bonchev–Trinajstić information content (AvgIpc) is 2.71. The Bertz CT molecular complexity index is 1100. The molecular weight excluding hydrogens is 380 g/mol. The molecule has 1 heterocycles. The number of hydrogen-bond donors (Lipinski definition) is 2. The summed E-state index contributed by atoms with van der Waals surface area (Å²) in [5.41, 5.74) is 0.142. The highest BCUT2D eigenvalue weighted by Gasteiger charge is 2.16. The van der Waals surface area contributed by atoms with Crippen molar-refractivity contribution in [3.8, 4) is 0 Å². The zero-order valence-electron chi connectivity index (χ0n) is 15.2. The maximum atomic E-state index is 13.7. The van der Waals surface area contributed by atoms with Crippen molar-refractivity contribution in [3.05, 3.63) is 89.2 Å². The van der Waals surface area contributed by atoms with Crippen LogP contribution < -0.4 is 10.6 Å². The molecule has 0 radical (unpaired) electrons. The van der Waals surface area contributed by atoms with Gasteiger partial charge in [0.25, 0.3) is 11.8 Å². The summed E-state index contributed by atoms with van der Waals surface area (Å²) in [7, 11) is 0. The quantitative estimate of drug-likeness (QED) is 0.638. The van der Waals surface area contributed by atoms with Gasteiger partial charge in [0.1, 0.15) is 23.0 Å². The topological polar surface area (TPSA) is 88.2 Å². The lowest BCUT2D eigenvalue weighted by atomic mass is 10.1. The van der Waals surface area contributed by atoms with Crippen LogP contribution in [0.5, 0.6) is 0 Å². The molecule has 0 aliphatic rings.